The van der Waals surface area contributed by atoms with Gasteiger partial charge in [-0.15, -0.1) is 0 Å². The maximum Gasteiger partial charge on any atom is 0.165 e. The minimum absolute atomic E-state index is 0.136. The lowest BCUT2D eigenvalue weighted by molar-refractivity contribution is 0.440. The van der Waals surface area contributed by atoms with Crippen LogP contribution in [0.5, 0.6) is 11.5 Å². The van der Waals surface area contributed by atoms with E-state index in [4.69, 9.17) is 10.00 Å². The lowest BCUT2D eigenvalue weighted by atomic mass is 10.1. The monoisotopic (exact) mass is 241 g/mol. The first-order chi connectivity index (χ1) is 8.60. The molecule has 3 heteroatoms. The molecule has 0 bridgehead atoms. The molecule has 18 heavy (non-hydrogen) atoms. The first-order valence-electron chi connectivity index (χ1n) is 5.55. The van der Waals surface area contributed by atoms with Crippen molar-refractivity contribution in [1.82, 2.24) is 0 Å². The Balaban J connectivity index is 2.43. The van der Waals surface area contributed by atoms with E-state index in [1.54, 1.807) is 24.3 Å². The van der Waals surface area contributed by atoms with Crippen LogP contribution in [0.1, 0.15) is 16.7 Å². The molecule has 0 aliphatic rings. The number of hydrogen-bond acceptors (Lipinski definition) is 2. The van der Waals surface area contributed by atoms with Gasteiger partial charge >= 0.3 is 0 Å². The maximum atomic E-state index is 13.6. The van der Waals surface area contributed by atoms with E-state index in [-0.39, 0.29) is 5.75 Å². The molecule has 0 aliphatic carbocycles. The van der Waals surface area contributed by atoms with E-state index >= 15 is 0 Å². The fourth-order valence-electron chi connectivity index (χ4n) is 1.61. The minimum atomic E-state index is -0.439. The average molecular weight is 241 g/mol. The van der Waals surface area contributed by atoms with E-state index in [0.717, 1.165) is 11.1 Å². The Morgan fingerprint density at radius 2 is 1.61 bits per heavy atom. The van der Waals surface area contributed by atoms with Crippen LogP contribution in [0.15, 0.2) is 36.4 Å². The highest BCUT2D eigenvalue weighted by Crippen LogP contribution is 2.28. The Morgan fingerprint density at radius 1 is 1.00 bits per heavy atom. The number of ether oxygens (including phenoxy) is 1. The summed E-state index contributed by atoms with van der Waals surface area (Å²) in [6, 6.07) is 11.9. The third-order valence-corrected chi connectivity index (χ3v) is 2.56. The summed E-state index contributed by atoms with van der Waals surface area (Å²) in [5, 5.41) is 8.99. The molecule has 0 saturated heterocycles. The average Bonchev–Trinajstić information content (AvgIpc) is 2.34. The molecule has 2 nitrogen and oxygen atoms in total. The van der Waals surface area contributed by atoms with Crippen LogP contribution in [0.25, 0.3) is 0 Å². The van der Waals surface area contributed by atoms with Crippen molar-refractivity contribution in [1.29, 1.82) is 5.26 Å². The van der Waals surface area contributed by atoms with Crippen molar-refractivity contribution in [2.24, 2.45) is 0 Å². The fourth-order valence-corrected chi connectivity index (χ4v) is 1.61. The Labute approximate surface area is 105 Å². The number of halogens is 1. The van der Waals surface area contributed by atoms with Crippen LogP contribution in [-0.2, 0) is 0 Å². The standard InChI is InChI=1S/C15H12FNO/c1-10-3-5-12(9-17)14(7-10)18-15-8-11(2)4-6-13(15)16/h3-8H,1-2H3. The molecule has 0 N–H and O–H groups in total. The summed E-state index contributed by atoms with van der Waals surface area (Å²) >= 11 is 0. The predicted octanol–water partition coefficient (Wildman–Crippen LogP) is 4.11. The van der Waals surface area contributed by atoms with Crippen LogP contribution in [-0.4, -0.2) is 0 Å². The van der Waals surface area contributed by atoms with E-state index in [1.165, 1.54) is 6.07 Å². The van der Waals surface area contributed by atoms with Crippen LogP contribution >= 0.6 is 0 Å². The molecular weight excluding hydrogens is 229 g/mol. The summed E-state index contributed by atoms with van der Waals surface area (Å²) in [5.41, 5.74) is 2.25. The van der Waals surface area contributed by atoms with Crippen LogP contribution < -0.4 is 4.74 Å². The maximum absolute atomic E-state index is 13.6. The molecule has 90 valence electrons. The van der Waals surface area contributed by atoms with Gasteiger partial charge in [0.05, 0.1) is 5.56 Å². The quantitative estimate of drug-likeness (QED) is 0.792. The first kappa shape index (κ1) is 12.1. The van der Waals surface area contributed by atoms with E-state index in [1.807, 2.05) is 26.0 Å². The van der Waals surface area contributed by atoms with E-state index in [0.29, 0.717) is 11.3 Å². The van der Waals surface area contributed by atoms with Gasteiger partial charge in [0, 0.05) is 0 Å². The molecule has 0 spiro atoms. The molecule has 0 saturated carbocycles. The van der Waals surface area contributed by atoms with Crippen LogP contribution in [0.3, 0.4) is 0 Å². The molecule has 0 atom stereocenters. The topological polar surface area (TPSA) is 33.0 Å². The van der Waals surface area contributed by atoms with Crippen LogP contribution in [0.2, 0.25) is 0 Å². The highest BCUT2D eigenvalue weighted by Gasteiger charge is 2.09. The molecule has 2 rings (SSSR count). The number of benzene rings is 2. The van der Waals surface area contributed by atoms with Gasteiger partial charge in [0.15, 0.2) is 11.6 Å². The molecule has 0 aliphatic heterocycles. The zero-order valence-electron chi connectivity index (χ0n) is 10.2. The summed E-state index contributed by atoms with van der Waals surface area (Å²) < 4.78 is 19.1. The Kier molecular flexibility index (Phi) is 3.29. The second-order valence-corrected chi connectivity index (χ2v) is 4.15. The van der Waals surface area contributed by atoms with Crippen LogP contribution in [0.4, 0.5) is 4.39 Å². The number of nitriles is 1. The molecular formula is C15H12FNO. The third-order valence-electron chi connectivity index (χ3n) is 2.56. The van der Waals surface area contributed by atoms with Gasteiger partial charge in [-0.25, -0.2) is 4.39 Å². The smallest absolute Gasteiger partial charge is 0.165 e. The summed E-state index contributed by atoms with van der Waals surface area (Å²) in [6.45, 7) is 3.74. The third kappa shape index (κ3) is 2.49. The summed E-state index contributed by atoms with van der Waals surface area (Å²) in [4.78, 5) is 0. The molecule has 0 unspecified atom stereocenters. The molecule has 0 amide bonds. The number of nitrogens with zero attached hydrogens (tertiary/aromatic N) is 1. The second-order valence-electron chi connectivity index (χ2n) is 4.15. The summed E-state index contributed by atoms with van der Waals surface area (Å²) in [5.74, 6) is 0.0742. The van der Waals surface area contributed by atoms with E-state index < -0.39 is 5.82 Å². The zero-order valence-corrected chi connectivity index (χ0v) is 10.2. The van der Waals surface area contributed by atoms with Crippen molar-refractivity contribution in [3.05, 3.63) is 58.9 Å². The minimum Gasteiger partial charge on any atom is -0.453 e. The van der Waals surface area contributed by atoms with Gasteiger partial charge in [0.25, 0.3) is 0 Å². The van der Waals surface area contributed by atoms with Crippen molar-refractivity contribution in [2.75, 3.05) is 0 Å². The van der Waals surface area contributed by atoms with Gasteiger partial charge in [-0.05, 0) is 49.2 Å². The second kappa shape index (κ2) is 4.89. The summed E-state index contributed by atoms with van der Waals surface area (Å²) in [6.07, 6.45) is 0. The predicted molar refractivity (Wildman–Crippen MR) is 67.1 cm³/mol. The molecule has 2 aromatic rings. The number of hydrogen-bond donors (Lipinski definition) is 0. The molecule has 0 heterocycles. The molecule has 0 radical (unpaired) electrons. The van der Waals surface area contributed by atoms with Crippen molar-refractivity contribution in [2.45, 2.75) is 13.8 Å². The Hall–Kier alpha value is -2.34. The molecule has 2 aromatic carbocycles. The molecule has 0 aromatic heterocycles. The van der Waals surface area contributed by atoms with Gasteiger partial charge in [0.1, 0.15) is 11.8 Å². The Morgan fingerprint density at radius 3 is 2.28 bits per heavy atom. The van der Waals surface area contributed by atoms with Gasteiger partial charge < -0.3 is 4.74 Å². The van der Waals surface area contributed by atoms with Gasteiger partial charge in [-0.1, -0.05) is 12.1 Å². The highest BCUT2D eigenvalue weighted by atomic mass is 19.1. The largest absolute Gasteiger partial charge is 0.453 e. The number of rotatable bonds is 2. The van der Waals surface area contributed by atoms with E-state index in [2.05, 4.69) is 0 Å². The van der Waals surface area contributed by atoms with Gasteiger partial charge in [-0.2, -0.15) is 5.26 Å². The SMILES string of the molecule is Cc1ccc(F)c(Oc2cc(C)ccc2C#N)c1. The van der Waals surface area contributed by atoms with Crippen molar-refractivity contribution < 1.29 is 9.13 Å². The first-order valence-corrected chi connectivity index (χ1v) is 5.55. The van der Waals surface area contributed by atoms with Crippen LogP contribution in [0, 0.1) is 31.0 Å². The lowest BCUT2D eigenvalue weighted by Gasteiger charge is -2.09. The van der Waals surface area contributed by atoms with Crippen molar-refractivity contribution >= 4 is 0 Å². The van der Waals surface area contributed by atoms with E-state index in [9.17, 15) is 4.39 Å². The fraction of sp³-hybridized carbons (Fsp3) is 0.133. The van der Waals surface area contributed by atoms with Crippen molar-refractivity contribution in [3.8, 4) is 17.6 Å². The highest BCUT2D eigenvalue weighted by molar-refractivity contribution is 5.47. The van der Waals surface area contributed by atoms with Crippen molar-refractivity contribution in [3.63, 3.8) is 0 Å². The van der Waals surface area contributed by atoms with Gasteiger partial charge in [-0.3, -0.25) is 0 Å². The zero-order chi connectivity index (χ0) is 13.1. The number of aryl methyl sites for hydroxylation is 2. The lowest BCUT2D eigenvalue weighted by Crippen LogP contribution is -1.92. The Bertz CT molecular complexity index is 629. The van der Waals surface area contributed by atoms with Gasteiger partial charge in [0.2, 0.25) is 0 Å². The normalized spacial score (nSPS) is 9.89. The summed E-state index contributed by atoms with van der Waals surface area (Å²) in [7, 11) is 0. The molecule has 0 fully saturated rings.